The molecule has 0 aromatic carbocycles. The molecule has 1 amide bonds. The zero-order valence-corrected chi connectivity index (χ0v) is 11.6. The van der Waals surface area contributed by atoms with Gasteiger partial charge in [-0.25, -0.2) is 0 Å². The van der Waals surface area contributed by atoms with Crippen LogP contribution in [0.5, 0.6) is 0 Å². The van der Waals surface area contributed by atoms with Crippen molar-refractivity contribution in [2.24, 2.45) is 5.92 Å². The Morgan fingerprint density at radius 3 is 2.22 bits per heavy atom. The van der Waals surface area contributed by atoms with Gasteiger partial charge in [-0.2, -0.15) is 0 Å². The Hall–Kier alpha value is -0.570. The van der Waals surface area contributed by atoms with Crippen molar-refractivity contribution in [3.8, 4) is 0 Å². The van der Waals surface area contributed by atoms with Crippen LogP contribution in [-0.2, 0) is 4.79 Å². The summed E-state index contributed by atoms with van der Waals surface area (Å²) in [5.41, 5.74) is 0. The normalized spacial score (nSPS) is 22.8. The number of carbonyl (C=O) groups is 1. The van der Waals surface area contributed by atoms with E-state index in [9.17, 15) is 4.79 Å². The number of likely N-dealkylation sites (tertiary alicyclic amines) is 1. The average molecular weight is 252 g/mol. The molecule has 2 fully saturated rings. The van der Waals surface area contributed by atoms with E-state index in [1.165, 1.54) is 57.8 Å². The third kappa shape index (κ3) is 4.60. The second-order valence-electron chi connectivity index (χ2n) is 5.93. The molecule has 1 saturated heterocycles. The summed E-state index contributed by atoms with van der Waals surface area (Å²) in [6.07, 6.45) is 12.1. The maximum absolute atomic E-state index is 11.9. The molecule has 1 aliphatic heterocycles. The quantitative estimate of drug-likeness (QED) is 0.834. The van der Waals surface area contributed by atoms with Crippen LogP contribution in [0.3, 0.4) is 0 Å². The van der Waals surface area contributed by atoms with E-state index in [-0.39, 0.29) is 0 Å². The van der Waals surface area contributed by atoms with Crippen LogP contribution in [-0.4, -0.2) is 37.0 Å². The lowest BCUT2D eigenvalue weighted by molar-refractivity contribution is -0.129. The van der Waals surface area contributed by atoms with Crippen molar-refractivity contribution in [1.29, 1.82) is 0 Å². The number of carbonyl (C=O) groups excluding carboxylic acids is 1. The largest absolute Gasteiger partial charge is 0.342 e. The van der Waals surface area contributed by atoms with Crippen molar-refractivity contribution in [3.63, 3.8) is 0 Å². The first-order valence-electron chi connectivity index (χ1n) is 7.85. The summed E-state index contributed by atoms with van der Waals surface area (Å²) in [4.78, 5) is 13.9. The van der Waals surface area contributed by atoms with Crippen molar-refractivity contribution in [2.75, 3.05) is 26.2 Å². The molecule has 2 rings (SSSR count). The molecular formula is C15H28N2O. The maximum Gasteiger partial charge on any atom is 0.236 e. The molecule has 0 atom stereocenters. The number of nitrogens with one attached hydrogen (secondary N) is 1. The summed E-state index contributed by atoms with van der Waals surface area (Å²) < 4.78 is 0. The fourth-order valence-electron chi connectivity index (χ4n) is 3.21. The number of nitrogens with zero attached hydrogens (tertiary/aromatic N) is 1. The molecule has 0 unspecified atom stereocenters. The molecule has 0 spiro atoms. The van der Waals surface area contributed by atoms with E-state index in [1.807, 2.05) is 4.90 Å². The van der Waals surface area contributed by atoms with Gasteiger partial charge in [0, 0.05) is 13.1 Å². The molecule has 1 saturated carbocycles. The van der Waals surface area contributed by atoms with Crippen molar-refractivity contribution in [3.05, 3.63) is 0 Å². The summed E-state index contributed by atoms with van der Waals surface area (Å²) in [6.45, 7) is 3.55. The fourth-order valence-corrected chi connectivity index (χ4v) is 3.21. The van der Waals surface area contributed by atoms with E-state index in [0.717, 1.165) is 25.6 Å². The van der Waals surface area contributed by atoms with Gasteiger partial charge in [0.2, 0.25) is 5.91 Å². The highest BCUT2D eigenvalue weighted by Crippen LogP contribution is 2.21. The van der Waals surface area contributed by atoms with E-state index in [1.54, 1.807) is 0 Å². The van der Waals surface area contributed by atoms with Crippen molar-refractivity contribution < 1.29 is 4.79 Å². The van der Waals surface area contributed by atoms with Crippen LogP contribution in [0, 0.1) is 5.92 Å². The SMILES string of the molecule is O=C(CNCC1CCCCCCC1)N1CCCC1. The highest BCUT2D eigenvalue weighted by molar-refractivity contribution is 5.78. The molecule has 3 heteroatoms. The molecule has 0 aromatic heterocycles. The van der Waals surface area contributed by atoms with Gasteiger partial charge in [0.05, 0.1) is 6.54 Å². The number of amides is 1. The zero-order chi connectivity index (χ0) is 12.6. The standard InChI is InChI=1S/C15H28N2O/c18-15(17-10-6-7-11-17)13-16-12-14-8-4-2-1-3-5-9-14/h14,16H,1-13H2. The molecule has 18 heavy (non-hydrogen) atoms. The minimum absolute atomic E-state index is 0.304. The van der Waals surface area contributed by atoms with Crippen LogP contribution in [0.25, 0.3) is 0 Å². The smallest absolute Gasteiger partial charge is 0.236 e. The molecule has 104 valence electrons. The van der Waals surface area contributed by atoms with Crippen molar-refractivity contribution in [1.82, 2.24) is 10.2 Å². The summed E-state index contributed by atoms with van der Waals surface area (Å²) in [5, 5.41) is 3.39. The number of hydrogen-bond acceptors (Lipinski definition) is 2. The second kappa shape index (κ2) is 7.78. The lowest BCUT2D eigenvalue weighted by Gasteiger charge is -2.21. The Morgan fingerprint density at radius 2 is 1.56 bits per heavy atom. The van der Waals surface area contributed by atoms with E-state index in [0.29, 0.717) is 12.5 Å². The first-order valence-corrected chi connectivity index (χ1v) is 7.85. The Bertz CT molecular complexity index is 241. The van der Waals surface area contributed by atoms with Gasteiger partial charge in [-0.15, -0.1) is 0 Å². The average Bonchev–Trinajstić information content (AvgIpc) is 2.85. The monoisotopic (exact) mass is 252 g/mol. The first kappa shape index (κ1) is 13.9. The van der Waals surface area contributed by atoms with Crippen LogP contribution in [0.4, 0.5) is 0 Å². The van der Waals surface area contributed by atoms with Crippen LogP contribution in [0.1, 0.15) is 57.8 Å². The second-order valence-corrected chi connectivity index (χ2v) is 5.93. The molecule has 1 N–H and O–H groups in total. The topological polar surface area (TPSA) is 32.3 Å². The highest BCUT2D eigenvalue weighted by Gasteiger charge is 2.18. The van der Waals surface area contributed by atoms with Gasteiger partial charge in [-0.3, -0.25) is 4.79 Å². The predicted molar refractivity (Wildman–Crippen MR) is 74.5 cm³/mol. The first-order chi connectivity index (χ1) is 8.86. The third-order valence-corrected chi connectivity index (χ3v) is 4.39. The van der Waals surface area contributed by atoms with Gasteiger partial charge in [0.1, 0.15) is 0 Å². The molecule has 0 aromatic rings. The van der Waals surface area contributed by atoms with Gasteiger partial charge in [0.15, 0.2) is 0 Å². The Kier molecular flexibility index (Phi) is 5.98. The van der Waals surface area contributed by atoms with Crippen LogP contribution in [0.2, 0.25) is 0 Å². The summed E-state index contributed by atoms with van der Waals surface area (Å²) in [6, 6.07) is 0. The van der Waals surface area contributed by atoms with Crippen LogP contribution in [0.15, 0.2) is 0 Å². The number of rotatable bonds is 4. The van der Waals surface area contributed by atoms with Crippen molar-refractivity contribution >= 4 is 5.91 Å². The number of hydrogen-bond donors (Lipinski definition) is 1. The fraction of sp³-hybridized carbons (Fsp3) is 0.933. The van der Waals surface area contributed by atoms with Gasteiger partial charge in [-0.1, -0.05) is 32.1 Å². The lowest BCUT2D eigenvalue weighted by atomic mass is 9.91. The molecular weight excluding hydrogens is 224 g/mol. The van der Waals surface area contributed by atoms with Gasteiger partial charge >= 0.3 is 0 Å². The molecule has 1 aliphatic carbocycles. The molecule has 0 bridgehead atoms. The minimum Gasteiger partial charge on any atom is -0.342 e. The summed E-state index contributed by atoms with van der Waals surface area (Å²) in [5.74, 6) is 1.11. The minimum atomic E-state index is 0.304. The summed E-state index contributed by atoms with van der Waals surface area (Å²) >= 11 is 0. The zero-order valence-electron chi connectivity index (χ0n) is 11.6. The summed E-state index contributed by atoms with van der Waals surface area (Å²) in [7, 11) is 0. The third-order valence-electron chi connectivity index (χ3n) is 4.39. The molecule has 0 radical (unpaired) electrons. The van der Waals surface area contributed by atoms with Gasteiger partial charge in [-0.05, 0) is 38.1 Å². The van der Waals surface area contributed by atoms with Crippen LogP contribution < -0.4 is 5.32 Å². The molecule has 2 aliphatic rings. The lowest BCUT2D eigenvalue weighted by Crippen LogP contribution is -2.38. The van der Waals surface area contributed by atoms with E-state index in [2.05, 4.69) is 5.32 Å². The van der Waals surface area contributed by atoms with E-state index < -0.39 is 0 Å². The van der Waals surface area contributed by atoms with Gasteiger partial charge in [0.25, 0.3) is 0 Å². The van der Waals surface area contributed by atoms with Crippen molar-refractivity contribution in [2.45, 2.75) is 57.8 Å². The van der Waals surface area contributed by atoms with E-state index >= 15 is 0 Å². The Labute approximate surface area is 111 Å². The maximum atomic E-state index is 11.9. The highest BCUT2D eigenvalue weighted by atomic mass is 16.2. The molecule has 3 nitrogen and oxygen atoms in total. The Balaban J connectivity index is 1.59. The Morgan fingerprint density at radius 1 is 0.944 bits per heavy atom. The predicted octanol–water partition coefficient (Wildman–Crippen LogP) is 2.56. The van der Waals surface area contributed by atoms with E-state index in [4.69, 9.17) is 0 Å². The van der Waals surface area contributed by atoms with Crippen LogP contribution >= 0.6 is 0 Å². The van der Waals surface area contributed by atoms with Gasteiger partial charge < -0.3 is 10.2 Å². The molecule has 1 heterocycles.